The lowest BCUT2D eigenvalue weighted by Gasteiger charge is -2.17. The highest BCUT2D eigenvalue weighted by molar-refractivity contribution is 7.86. The van der Waals surface area contributed by atoms with Crippen molar-refractivity contribution in [3.63, 3.8) is 0 Å². The van der Waals surface area contributed by atoms with Crippen molar-refractivity contribution in [2.45, 2.75) is 37.4 Å². The highest BCUT2D eigenvalue weighted by Gasteiger charge is 2.24. The number of hydrogen-bond acceptors (Lipinski definition) is 2. The standard InChI is InChI=1S/C6H12O3S.C2F4/c7-10(8,9)6-4-2-1-3-5-6;3-1(4)2(5)6/h6H,1-5H2,(H,7,8,9);. The fourth-order valence-corrected chi connectivity index (χ4v) is 2.29. The molecule has 0 amide bonds. The Morgan fingerprint density at radius 1 is 0.938 bits per heavy atom. The Bertz CT molecular complexity index is 315. The van der Waals surface area contributed by atoms with Crippen LogP contribution in [0, 0.1) is 0 Å². The second-order valence-electron chi connectivity index (χ2n) is 3.30. The molecule has 1 saturated carbocycles. The fourth-order valence-electron chi connectivity index (χ4n) is 1.36. The van der Waals surface area contributed by atoms with Crippen molar-refractivity contribution in [3.8, 4) is 0 Å². The van der Waals surface area contributed by atoms with Gasteiger partial charge in [-0.05, 0) is 12.8 Å². The van der Waals surface area contributed by atoms with E-state index in [1.54, 1.807) is 0 Å². The first-order valence-corrected chi connectivity index (χ1v) is 6.08. The van der Waals surface area contributed by atoms with Gasteiger partial charge in [-0.1, -0.05) is 19.3 Å². The van der Waals surface area contributed by atoms with Crippen molar-refractivity contribution in [2.24, 2.45) is 0 Å². The van der Waals surface area contributed by atoms with Crippen LogP contribution in [0.15, 0.2) is 12.2 Å². The molecule has 96 valence electrons. The van der Waals surface area contributed by atoms with Gasteiger partial charge in [0.25, 0.3) is 10.1 Å². The van der Waals surface area contributed by atoms with Crippen LogP contribution in [-0.2, 0) is 10.1 Å². The smallest absolute Gasteiger partial charge is 0.285 e. The lowest BCUT2D eigenvalue weighted by molar-refractivity contribution is 0.308. The van der Waals surface area contributed by atoms with E-state index in [9.17, 15) is 26.0 Å². The molecule has 16 heavy (non-hydrogen) atoms. The molecule has 0 atom stereocenters. The van der Waals surface area contributed by atoms with Gasteiger partial charge in [-0.3, -0.25) is 4.55 Å². The Kier molecular flexibility index (Phi) is 6.58. The van der Waals surface area contributed by atoms with Gasteiger partial charge in [0.15, 0.2) is 0 Å². The quantitative estimate of drug-likeness (QED) is 0.584. The molecular weight excluding hydrogens is 252 g/mol. The van der Waals surface area contributed by atoms with Gasteiger partial charge in [0.05, 0.1) is 5.25 Å². The zero-order valence-electron chi connectivity index (χ0n) is 8.30. The molecule has 0 bridgehead atoms. The first-order chi connectivity index (χ1) is 7.25. The number of rotatable bonds is 1. The summed E-state index contributed by atoms with van der Waals surface area (Å²) in [5.74, 6) is 0. The van der Waals surface area contributed by atoms with E-state index in [0.717, 1.165) is 19.3 Å². The lowest BCUT2D eigenvalue weighted by Crippen LogP contribution is -2.22. The molecule has 1 aliphatic carbocycles. The van der Waals surface area contributed by atoms with Crippen molar-refractivity contribution in [2.75, 3.05) is 0 Å². The minimum absolute atomic E-state index is 0.471. The molecule has 0 aliphatic heterocycles. The molecule has 0 aromatic rings. The molecule has 0 saturated heterocycles. The van der Waals surface area contributed by atoms with Crippen LogP contribution in [0.5, 0.6) is 0 Å². The normalized spacial score (nSPS) is 17.3. The van der Waals surface area contributed by atoms with Gasteiger partial charge < -0.3 is 0 Å². The molecule has 8 heteroatoms. The van der Waals surface area contributed by atoms with Crippen LogP contribution in [0.4, 0.5) is 17.6 Å². The van der Waals surface area contributed by atoms with Gasteiger partial charge in [0, 0.05) is 0 Å². The van der Waals surface area contributed by atoms with Gasteiger partial charge in [-0.2, -0.15) is 26.0 Å². The Morgan fingerprint density at radius 3 is 1.50 bits per heavy atom. The van der Waals surface area contributed by atoms with Crippen LogP contribution in [0.3, 0.4) is 0 Å². The third kappa shape index (κ3) is 6.78. The average Bonchev–Trinajstić information content (AvgIpc) is 2.18. The molecule has 1 fully saturated rings. The predicted octanol–water partition coefficient (Wildman–Crippen LogP) is 3.20. The summed E-state index contributed by atoms with van der Waals surface area (Å²) >= 11 is 0. The minimum Gasteiger partial charge on any atom is -0.285 e. The summed E-state index contributed by atoms with van der Waals surface area (Å²) in [7, 11) is -3.73. The van der Waals surface area contributed by atoms with Crippen molar-refractivity contribution >= 4 is 10.1 Å². The lowest BCUT2D eigenvalue weighted by atomic mass is 10.0. The molecule has 1 N–H and O–H groups in total. The van der Waals surface area contributed by atoms with Crippen molar-refractivity contribution in [1.29, 1.82) is 0 Å². The number of halogens is 4. The summed E-state index contributed by atoms with van der Waals surface area (Å²) in [4.78, 5) is 0. The van der Waals surface area contributed by atoms with Gasteiger partial charge >= 0.3 is 12.2 Å². The molecule has 1 aliphatic rings. The molecule has 0 heterocycles. The maximum absolute atomic E-state index is 10.5. The summed E-state index contributed by atoms with van der Waals surface area (Å²) in [6.07, 6.45) is -1.57. The summed E-state index contributed by atoms with van der Waals surface area (Å²) in [6.45, 7) is 0. The first kappa shape index (κ1) is 15.4. The molecule has 0 spiro atoms. The highest BCUT2D eigenvalue weighted by atomic mass is 32.2. The van der Waals surface area contributed by atoms with Crippen LogP contribution in [0.2, 0.25) is 0 Å². The van der Waals surface area contributed by atoms with Gasteiger partial charge in [0.1, 0.15) is 0 Å². The molecule has 0 radical (unpaired) electrons. The molecule has 0 unspecified atom stereocenters. The third-order valence-electron chi connectivity index (χ3n) is 2.12. The molecule has 0 aromatic carbocycles. The Labute approximate surface area is 90.9 Å². The van der Waals surface area contributed by atoms with Crippen LogP contribution in [-0.4, -0.2) is 18.2 Å². The highest BCUT2D eigenvalue weighted by Crippen LogP contribution is 2.22. The molecule has 0 aromatic heterocycles. The zero-order chi connectivity index (χ0) is 12.8. The number of hydrogen-bond donors (Lipinski definition) is 1. The van der Waals surface area contributed by atoms with E-state index in [0.29, 0.717) is 12.8 Å². The van der Waals surface area contributed by atoms with Crippen LogP contribution >= 0.6 is 0 Å². The monoisotopic (exact) mass is 264 g/mol. The SMILES string of the molecule is FC(F)=C(F)F.O=S(=O)(O)C1CCCCC1. The zero-order valence-corrected chi connectivity index (χ0v) is 9.11. The fraction of sp³-hybridized carbons (Fsp3) is 0.750. The summed E-state index contributed by atoms with van der Waals surface area (Å²) in [6, 6.07) is 0. The molecule has 3 nitrogen and oxygen atoms in total. The Morgan fingerprint density at radius 2 is 1.31 bits per heavy atom. The van der Waals surface area contributed by atoms with Crippen molar-refractivity contribution in [3.05, 3.63) is 12.2 Å². The van der Waals surface area contributed by atoms with Crippen LogP contribution < -0.4 is 0 Å². The van der Waals surface area contributed by atoms with Crippen molar-refractivity contribution in [1.82, 2.24) is 0 Å². The third-order valence-corrected chi connectivity index (χ3v) is 3.43. The molecular formula is C8H12F4O3S. The predicted molar refractivity (Wildman–Crippen MR) is 49.9 cm³/mol. The Balaban J connectivity index is 0.000000325. The van der Waals surface area contributed by atoms with E-state index in [4.69, 9.17) is 4.55 Å². The second kappa shape index (κ2) is 6.85. The van der Waals surface area contributed by atoms with Gasteiger partial charge in [-0.15, -0.1) is 0 Å². The van der Waals surface area contributed by atoms with Crippen LogP contribution in [0.1, 0.15) is 32.1 Å². The van der Waals surface area contributed by atoms with E-state index in [-0.39, 0.29) is 0 Å². The van der Waals surface area contributed by atoms with E-state index in [1.165, 1.54) is 0 Å². The van der Waals surface area contributed by atoms with E-state index in [2.05, 4.69) is 0 Å². The van der Waals surface area contributed by atoms with Crippen LogP contribution in [0.25, 0.3) is 0 Å². The maximum Gasteiger partial charge on any atom is 0.334 e. The van der Waals surface area contributed by atoms with Crippen molar-refractivity contribution < 1.29 is 30.5 Å². The van der Waals surface area contributed by atoms with E-state index >= 15 is 0 Å². The second-order valence-corrected chi connectivity index (χ2v) is 4.99. The van der Waals surface area contributed by atoms with Gasteiger partial charge in [-0.25, -0.2) is 0 Å². The van der Waals surface area contributed by atoms with E-state index in [1.807, 2.05) is 0 Å². The van der Waals surface area contributed by atoms with E-state index < -0.39 is 27.5 Å². The Hall–Kier alpha value is -0.630. The average molecular weight is 264 g/mol. The minimum atomic E-state index is -3.73. The van der Waals surface area contributed by atoms with Gasteiger partial charge in [0.2, 0.25) is 0 Å². The summed E-state index contributed by atoms with van der Waals surface area (Å²) < 4.78 is 70.8. The first-order valence-electron chi connectivity index (χ1n) is 4.57. The summed E-state index contributed by atoms with van der Waals surface area (Å²) in [5, 5.41) is -0.471. The molecule has 1 rings (SSSR count). The topological polar surface area (TPSA) is 54.4 Å². The summed E-state index contributed by atoms with van der Waals surface area (Å²) in [5.41, 5.74) is 0. The largest absolute Gasteiger partial charge is 0.334 e. The maximum atomic E-state index is 10.5.